The number of carbonyl (C=O) groups excluding carboxylic acids is 1. The molecule has 0 unspecified atom stereocenters. The van der Waals surface area contributed by atoms with E-state index in [0.29, 0.717) is 25.8 Å². The van der Waals surface area contributed by atoms with Crippen LogP contribution in [0.2, 0.25) is 0 Å². The molecular weight excluding hydrogens is 409 g/mol. The van der Waals surface area contributed by atoms with E-state index >= 15 is 0 Å². The first-order chi connectivity index (χ1) is 14.8. The van der Waals surface area contributed by atoms with Crippen LogP contribution in [0.5, 0.6) is 0 Å². The van der Waals surface area contributed by atoms with Crippen molar-refractivity contribution in [2.75, 3.05) is 23.4 Å². The Labute approximate surface area is 177 Å². The zero-order valence-electron chi connectivity index (χ0n) is 16.9. The number of piperidine rings is 1. The van der Waals surface area contributed by atoms with E-state index in [1.54, 1.807) is 0 Å². The SMILES string of the molecule is CN1c2ccccc2[C@@H]2C[C@@H](NC(=O)C(F)(F)F)CCN2c2ccc(CC=NO)cc21. The number of amides is 1. The van der Waals surface area contributed by atoms with Crippen molar-refractivity contribution in [1.29, 1.82) is 0 Å². The Morgan fingerprint density at radius 3 is 2.74 bits per heavy atom. The molecule has 6 nitrogen and oxygen atoms in total. The number of para-hydroxylation sites is 1. The molecule has 31 heavy (non-hydrogen) atoms. The van der Waals surface area contributed by atoms with E-state index in [-0.39, 0.29) is 6.04 Å². The average molecular weight is 432 g/mol. The fourth-order valence-corrected chi connectivity index (χ4v) is 4.51. The molecule has 1 saturated heterocycles. The molecular formula is C22H23F3N4O2. The predicted molar refractivity (Wildman–Crippen MR) is 112 cm³/mol. The fourth-order valence-electron chi connectivity index (χ4n) is 4.51. The number of carbonyl (C=O) groups is 1. The minimum Gasteiger partial charge on any atom is -0.411 e. The van der Waals surface area contributed by atoms with Crippen LogP contribution in [0.15, 0.2) is 47.6 Å². The normalized spacial score (nSPS) is 20.6. The molecule has 0 aliphatic carbocycles. The second kappa shape index (κ2) is 8.13. The van der Waals surface area contributed by atoms with Crippen molar-refractivity contribution in [2.45, 2.75) is 37.5 Å². The van der Waals surface area contributed by atoms with Crippen LogP contribution in [-0.2, 0) is 11.2 Å². The van der Waals surface area contributed by atoms with Gasteiger partial charge in [0.25, 0.3) is 0 Å². The Kier molecular flexibility index (Phi) is 5.51. The average Bonchev–Trinajstić information content (AvgIpc) is 2.85. The standard InChI is InChI=1S/C22H23F3N4O2/c1-28-17-5-3-2-4-16(17)19-13-15(27-21(30)22(23,24)25)9-11-29(19)18-7-6-14(8-10-26-31)12-20(18)28/h2-7,10,12,15,19,31H,8-9,11,13H2,1H3,(H,27,30)/t15-,19-/m0/s1. The maximum absolute atomic E-state index is 12.8. The molecule has 2 aliphatic rings. The quantitative estimate of drug-likeness (QED) is 0.434. The second-order valence-electron chi connectivity index (χ2n) is 7.84. The molecule has 0 bridgehead atoms. The van der Waals surface area contributed by atoms with Gasteiger partial charge in [-0.25, -0.2) is 0 Å². The number of halogens is 3. The first kappa shape index (κ1) is 21.0. The summed E-state index contributed by atoms with van der Waals surface area (Å²) in [6.45, 7) is 0.514. The number of hydrogen-bond acceptors (Lipinski definition) is 5. The molecule has 2 aromatic carbocycles. The first-order valence-corrected chi connectivity index (χ1v) is 10.1. The van der Waals surface area contributed by atoms with Gasteiger partial charge in [0.1, 0.15) is 0 Å². The summed E-state index contributed by atoms with van der Waals surface area (Å²) in [6, 6.07) is 13.1. The van der Waals surface area contributed by atoms with Gasteiger partial charge in [0.2, 0.25) is 0 Å². The lowest BCUT2D eigenvalue weighted by atomic mass is 9.90. The van der Waals surface area contributed by atoms with E-state index < -0.39 is 18.1 Å². The van der Waals surface area contributed by atoms with Gasteiger partial charge < -0.3 is 20.3 Å². The van der Waals surface area contributed by atoms with Crippen molar-refractivity contribution >= 4 is 29.2 Å². The highest BCUT2D eigenvalue weighted by Crippen LogP contribution is 2.48. The number of nitrogens with one attached hydrogen (secondary N) is 1. The minimum absolute atomic E-state index is 0.169. The summed E-state index contributed by atoms with van der Waals surface area (Å²) in [5, 5.41) is 14.0. The molecule has 1 amide bonds. The molecule has 2 heterocycles. The van der Waals surface area contributed by atoms with E-state index in [2.05, 4.69) is 20.3 Å². The lowest BCUT2D eigenvalue weighted by Crippen LogP contribution is -2.49. The third-order valence-corrected chi connectivity index (χ3v) is 5.97. The van der Waals surface area contributed by atoms with Crippen LogP contribution in [0.3, 0.4) is 0 Å². The number of hydrogen-bond donors (Lipinski definition) is 2. The summed E-state index contributed by atoms with van der Waals surface area (Å²) in [5.41, 5.74) is 4.90. The third kappa shape index (κ3) is 4.04. The smallest absolute Gasteiger partial charge is 0.411 e. The molecule has 0 radical (unpaired) electrons. The van der Waals surface area contributed by atoms with Crippen molar-refractivity contribution in [3.8, 4) is 0 Å². The van der Waals surface area contributed by atoms with E-state index in [1.807, 2.05) is 49.5 Å². The molecule has 4 rings (SSSR count). The van der Waals surface area contributed by atoms with Gasteiger partial charge in [-0.05, 0) is 42.2 Å². The van der Waals surface area contributed by atoms with Crippen LogP contribution in [0.1, 0.15) is 30.0 Å². The number of alkyl halides is 3. The highest BCUT2D eigenvalue weighted by atomic mass is 19.4. The van der Waals surface area contributed by atoms with Crippen LogP contribution in [0.4, 0.5) is 30.2 Å². The number of anilines is 3. The number of fused-ring (bicyclic) bond motifs is 5. The Morgan fingerprint density at radius 1 is 1.23 bits per heavy atom. The largest absolute Gasteiger partial charge is 0.471 e. The summed E-state index contributed by atoms with van der Waals surface area (Å²) in [5.74, 6) is -1.89. The van der Waals surface area contributed by atoms with E-state index in [0.717, 1.165) is 28.2 Å². The lowest BCUT2D eigenvalue weighted by Gasteiger charge is -2.41. The van der Waals surface area contributed by atoms with Gasteiger partial charge in [0, 0.05) is 38.0 Å². The van der Waals surface area contributed by atoms with Crippen LogP contribution in [0, 0.1) is 0 Å². The summed E-state index contributed by atoms with van der Waals surface area (Å²) >= 11 is 0. The van der Waals surface area contributed by atoms with E-state index in [9.17, 15) is 18.0 Å². The molecule has 9 heteroatoms. The molecule has 2 aromatic rings. The molecule has 2 aliphatic heterocycles. The highest BCUT2D eigenvalue weighted by molar-refractivity contribution is 5.84. The second-order valence-corrected chi connectivity index (χ2v) is 7.84. The fraction of sp³-hybridized carbons (Fsp3) is 0.364. The maximum Gasteiger partial charge on any atom is 0.471 e. The van der Waals surface area contributed by atoms with Crippen LogP contribution in [0.25, 0.3) is 0 Å². The summed E-state index contributed by atoms with van der Waals surface area (Å²) < 4.78 is 38.3. The molecule has 2 N–H and O–H groups in total. The van der Waals surface area contributed by atoms with Gasteiger partial charge in [0.05, 0.1) is 17.4 Å². The monoisotopic (exact) mass is 432 g/mol. The Hall–Kier alpha value is -3.23. The Bertz CT molecular complexity index is 1010. The predicted octanol–water partition coefficient (Wildman–Crippen LogP) is 4.16. The van der Waals surface area contributed by atoms with Crippen LogP contribution < -0.4 is 15.1 Å². The van der Waals surface area contributed by atoms with Gasteiger partial charge >= 0.3 is 12.1 Å². The van der Waals surface area contributed by atoms with Crippen molar-refractivity contribution < 1.29 is 23.2 Å². The summed E-state index contributed by atoms with van der Waals surface area (Å²) in [6.07, 6.45) is -2.19. The van der Waals surface area contributed by atoms with Gasteiger partial charge in [-0.3, -0.25) is 4.79 Å². The van der Waals surface area contributed by atoms with E-state index in [4.69, 9.17) is 5.21 Å². The molecule has 0 saturated carbocycles. The van der Waals surface area contributed by atoms with Crippen molar-refractivity contribution in [2.24, 2.45) is 5.16 Å². The zero-order valence-corrected chi connectivity index (χ0v) is 16.9. The third-order valence-electron chi connectivity index (χ3n) is 5.97. The number of oxime groups is 1. The number of rotatable bonds is 3. The Morgan fingerprint density at radius 2 is 2.00 bits per heavy atom. The van der Waals surface area contributed by atoms with Gasteiger partial charge in [-0.2, -0.15) is 13.2 Å². The van der Waals surface area contributed by atoms with Gasteiger partial charge in [-0.15, -0.1) is 5.16 Å². The number of benzene rings is 2. The topological polar surface area (TPSA) is 68.2 Å². The van der Waals surface area contributed by atoms with Crippen molar-refractivity contribution in [3.05, 3.63) is 53.6 Å². The van der Waals surface area contributed by atoms with Crippen molar-refractivity contribution in [1.82, 2.24) is 5.32 Å². The van der Waals surface area contributed by atoms with Crippen LogP contribution in [-0.4, -0.2) is 43.1 Å². The first-order valence-electron chi connectivity index (χ1n) is 10.1. The summed E-state index contributed by atoms with van der Waals surface area (Å²) in [4.78, 5) is 15.8. The lowest BCUT2D eigenvalue weighted by molar-refractivity contribution is -0.174. The minimum atomic E-state index is -4.89. The van der Waals surface area contributed by atoms with Crippen LogP contribution >= 0.6 is 0 Å². The molecule has 0 spiro atoms. The maximum atomic E-state index is 12.8. The van der Waals surface area contributed by atoms with Gasteiger partial charge in [0.15, 0.2) is 0 Å². The molecule has 0 aromatic heterocycles. The molecule has 2 atom stereocenters. The number of nitrogens with zero attached hydrogens (tertiary/aromatic N) is 3. The van der Waals surface area contributed by atoms with E-state index in [1.165, 1.54) is 6.21 Å². The molecule has 1 fully saturated rings. The summed E-state index contributed by atoms with van der Waals surface area (Å²) in [7, 11) is 1.96. The highest BCUT2D eigenvalue weighted by Gasteiger charge is 2.42. The zero-order chi connectivity index (χ0) is 22.2. The van der Waals surface area contributed by atoms with Crippen molar-refractivity contribution in [3.63, 3.8) is 0 Å². The van der Waals surface area contributed by atoms with Gasteiger partial charge in [-0.1, -0.05) is 24.3 Å². The molecule has 164 valence electrons. The Balaban J connectivity index is 1.72.